The molecular formula is C23H28N2O2. The van der Waals surface area contributed by atoms with Crippen LogP contribution in [0.4, 0.5) is 0 Å². The molecule has 0 aliphatic carbocycles. The maximum atomic E-state index is 6.00. The summed E-state index contributed by atoms with van der Waals surface area (Å²) >= 11 is 0. The van der Waals surface area contributed by atoms with Crippen LogP contribution >= 0.6 is 0 Å². The average molecular weight is 364 g/mol. The summed E-state index contributed by atoms with van der Waals surface area (Å²) in [7, 11) is 1.68. The van der Waals surface area contributed by atoms with E-state index in [4.69, 9.17) is 9.47 Å². The third-order valence-corrected chi connectivity index (χ3v) is 4.78. The average Bonchev–Trinajstić information content (AvgIpc) is 2.98. The van der Waals surface area contributed by atoms with Gasteiger partial charge in [0.2, 0.25) is 0 Å². The molecule has 0 amide bonds. The maximum absolute atomic E-state index is 6.00. The molecule has 27 heavy (non-hydrogen) atoms. The molecule has 0 spiro atoms. The van der Waals surface area contributed by atoms with Crippen LogP contribution in [0.3, 0.4) is 0 Å². The minimum Gasteiger partial charge on any atom is -0.497 e. The van der Waals surface area contributed by atoms with Crippen LogP contribution in [0.25, 0.3) is 16.5 Å². The van der Waals surface area contributed by atoms with Crippen molar-refractivity contribution >= 4 is 22.7 Å². The molecule has 0 unspecified atom stereocenters. The van der Waals surface area contributed by atoms with Crippen LogP contribution in [-0.4, -0.2) is 31.5 Å². The van der Waals surface area contributed by atoms with Crippen LogP contribution in [0.5, 0.6) is 11.5 Å². The summed E-state index contributed by atoms with van der Waals surface area (Å²) in [5.41, 5.74) is 4.46. The predicted molar refractivity (Wildman–Crippen MR) is 113 cm³/mol. The first-order valence-corrected chi connectivity index (χ1v) is 9.66. The maximum Gasteiger partial charge on any atom is 0.145 e. The fourth-order valence-electron chi connectivity index (χ4n) is 3.31. The summed E-state index contributed by atoms with van der Waals surface area (Å²) in [6, 6.07) is 5.94. The summed E-state index contributed by atoms with van der Waals surface area (Å²) in [4.78, 5) is 8.95. The number of nitrogens with zero attached hydrogens (tertiary/aromatic N) is 2. The monoisotopic (exact) mass is 364 g/mol. The third kappa shape index (κ3) is 4.76. The van der Waals surface area contributed by atoms with Gasteiger partial charge in [-0.25, -0.2) is 0 Å². The SMILES string of the molecule is C=C(C/C=C1\CCC=NCC1)c1c(OCCC)cnc2ccc(OC)cc12. The van der Waals surface area contributed by atoms with E-state index < -0.39 is 0 Å². The Morgan fingerprint density at radius 3 is 3.00 bits per heavy atom. The highest BCUT2D eigenvalue weighted by Gasteiger charge is 2.14. The van der Waals surface area contributed by atoms with Crippen molar-refractivity contribution in [2.75, 3.05) is 20.3 Å². The summed E-state index contributed by atoms with van der Waals surface area (Å²) in [5, 5.41) is 1.02. The Morgan fingerprint density at radius 2 is 2.19 bits per heavy atom. The highest BCUT2D eigenvalue weighted by Crippen LogP contribution is 2.35. The van der Waals surface area contributed by atoms with E-state index >= 15 is 0 Å². The zero-order valence-corrected chi connectivity index (χ0v) is 16.3. The first kappa shape index (κ1) is 19.2. The topological polar surface area (TPSA) is 43.7 Å². The smallest absolute Gasteiger partial charge is 0.145 e. The number of benzene rings is 1. The number of aliphatic imine (C=N–C) groups is 1. The van der Waals surface area contributed by atoms with Crippen molar-refractivity contribution in [3.8, 4) is 11.5 Å². The lowest BCUT2D eigenvalue weighted by atomic mass is 9.97. The number of allylic oxidation sites excluding steroid dienone is 2. The number of rotatable bonds is 7. The van der Waals surface area contributed by atoms with Crippen molar-refractivity contribution in [2.45, 2.75) is 39.0 Å². The Morgan fingerprint density at radius 1 is 1.30 bits per heavy atom. The fraction of sp³-hybridized carbons (Fsp3) is 0.391. The number of hydrogen-bond donors (Lipinski definition) is 0. The van der Waals surface area contributed by atoms with Gasteiger partial charge < -0.3 is 9.47 Å². The quantitative estimate of drug-likeness (QED) is 0.599. The van der Waals surface area contributed by atoms with Gasteiger partial charge in [0.1, 0.15) is 11.5 Å². The second-order valence-electron chi connectivity index (χ2n) is 6.78. The molecule has 4 nitrogen and oxygen atoms in total. The van der Waals surface area contributed by atoms with Crippen molar-refractivity contribution in [1.29, 1.82) is 0 Å². The summed E-state index contributed by atoms with van der Waals surface area (Å²) in [6.07, 6.45) is 11.1. The van der Waals surface area contributed by atoms with Crippen molar-refractivity contribution in [3.05, 3.63) is 48.2 Å². The second-order valence-corrected chi connectivity index (χ2v) is 6.78. The van der Waals surface area contributed by atoms with Gasteiger partial charge in [-0.1, -0.05) is 25.2 Å². The molecule has 2 aromatic rings. The molecule has 1 aromatic heterocycles. The van der Waals surface area contributed by atoms with E-state index in [2.05, 4.69) is 29.6 Å². The van der Waals surface area contributed by atoms with E-state index in [-0.39, 0.29) is 0 Å². The zero-order valence-electron chi connectivity index (χ0n) is 16.3. The van der Waals surface area contributed by atoms with Gasteiger partial charge in [0, 0.05) is 17.5 Å². The number of methoxy groups -OCH3 is 1. The molecule has 0 atom stereocenters. The summed E-state index contributed by atoms with van der Waals surface area (Å²) in [6.45, 7) is 8.03. The summed E-state index contributed by atoms with van der Waals surface area (Å²) < 4.78 is 11.4. The molecule has 4 heteroatoms. The Bertz CT molecular complexity index is 856. The molecule has 2 heterocycles. The Balaban J connectivity index is 1.95. The van der Waals surface area contributed by atoms with Crippen LogP contribution < -0.4 is 9.47 Å². The van der Waals surface area contributed by atoms with Crippen LogP contribution in [0.2, 0.25) is 0 Å². The van der Waals surface area contributed by atoms with E-state index in [0.717, 1.165) is 72.2 Å². The fourth-order valence-corrected chi connectivity index (χ4v) is 3.31. The van der Waals surface area contributed by atoms with Gasteiger partial charge in [-0.15, -0.1) is 0 Å². The molecule has 0 N–H and O–H groups in total. The Labute approximate surface area is 161 Å². The van der Waals surface area contributed by atoms with Gasteiger partial charge in [0.25, 0.3) is 0 Å². The summed E-state index contributed by atoms with van der Waals surface area (Å²) in [5.74, 6) is 1.61. The van der Waals surface area contributed by atoms with Crippen LogP contribution in [0, 0.1) is 0 Å². The standard InChI is InChI=1S/C23H28N2O2/c1-4-14-27-22-16-25-21-10-9-19(26-3)15-20(21)23(22)17(2)7-8-18-6-5-12-24-13-11-18/h8-10,12,15-16H,2,4-7,11,13-14H2,1,3H3/b18-8+. The molecule has 0 saturated carbocycles. The molecule has 0 bridgehead atoms. The zero-order chi connectivity index (χ0) is 19.1. The van der Waals surface area contributed by atoms with Crippen molar-refractivity contribution < 1.29 is 9.47 Å². The minimum absolute atomic E-state index is 0.663. The van der Waals surface area contributed by atoms with Gasteiger partial charge in [-0.3, -0.25) is 9.98 Å². The number of aromatic nitrogens is 1. The molecule has 1 aliphatic rings. The van der Waals surface area contributed by atoms with Gasteiger partial charge in [-0.05, 0) is 62.1 Å². The molecule has 142 valence electrons. The molecule has 0 fully saturated rings. The van der Waals surface area contributed by atoms with E-state index in [1.54, 1.807) is 7.11 Å². The third-order valence-electron chi connectivity index (χ3n) is 4.78. The number of hydrogen-bond acceptors (Lipinski definition) is 4. The molecule has 0 saturated heterocycles. The molecule has 0 radical (unpaired) electrons. The number of ether oxygens (including phenoxy) is 2. The van der Waals surface area contributed by atoms with Crippen molar-refractivity contribution in [2.24, 2.45) is 4.99 Å². The van der Waals surface area contributed by atoms with Crippen LogP contribution in [0.1, 0.15) is 44.6 Å². The number of fused-ring (bicyclic) bond motifs is 1. The van der Waals surface area contributed by atoms with Gasteiger partial charge in [0.15, 0.2) is 0 Å². The van der Waals surface area contributed by atoms with Gasteiger partial charge >= 0.3 is 0 Å². The van der Waals surface area contributed by atoms with E-state index in [1.165, 1.54) is 5.57 Å². The lowest BCUT2D eigenvalue weighted by molar-refractivity contribution is 0.316. The first-order chi connectivity index (χ1) is 13.2. The Hall–Kier alpha value is -2.62. The van der Waals surface area contributed by atoms with Crippen molar-refractivity contribution in [1.82, 2.24) is 4.98 Å². The van der Waals surface area contributed by atoms with Gasteiger partial charge in [-0.2, -0.15) is 0 Å². The number of pyridine rings is 1. The van der Waals surface area contributed by atoms with E-state index in [9.17, 15) is 0 Å². The molecule has 3 rings (SSSR count). The van der Waals surface area contributed by atoms with E-state index in [0.29, 0.717) is 6.61 Å². The normalized spacial score (nSPS) is 15.7. The van der Waals surface area contributed by atoms with Crippen LogP contribution in [0.15, 0.2) is 47.6 Å². The Kier molecular flexibility index (Phi) is 6.64. The highest BCUT2D eigenvalue weighted by molar-refractivity contribution is 5.94. The van der Waals surface area contributed by atoms with Gasteiger partial charge in [0.05, 0.1) is 25.4 Å². The first-order valence-electron chi connectivity index (χ1n) is 9.66. The molecule has 1 aliphatic heterocycles. The highest BCUT2D eigenvalue weighted by atomic mass is 16.5. The lowest BCUT2D eigenvalue weighted by Crippen LogP contribution is -2.01. The largest absolute Gasteiger partial charge is 0.497 e. The minimum atomic E-state index is 0.663. The molecule has 1 aromatic carbocycles. The molecular weight excluding hydrogens is 336 g/mol. The van der Waals surface area contributed by atoms with E-state index in [1.807, 2.05) is 30.6 Å². The van der Waals surface area contributed by atoms with Crippen LogP contribution in [-0.2, 0) is 0 Å². The predicted octanol–water partition coefficient (Wildman–Crippen LogP) is 5.62. The van der Waals surface area contributed by atoms with Crippen molar-refractivity contribution in [3.63, 3.8) is 0 Å². The lowest BCUT2D eigenvalue weighted by Gasteiger charge is -2.16. The second kappa shape index (κ2) is 9.36.